The van der Waals surface area contributed by atoms with Gasteiger partial charge >= 0.3 is 0 Å². The van der Waals surface area contributed by atoms with Gasteiger partial charge in [0.25, 0.3) is 0 Å². The maximum absolute atomic E-state index is 12.3. The average Bonchev–Trinajstić information content (AvgIpc) is 3.06. The first kappa shape index (κ1) is 14.6. The van der Waals surface area contributed by atoms with Crippen molar-refractivity contribution in [1.82, 2.24) is 4.72 Å². The normalized spacial score (nSPS) is 22.3. The summed E-state index contributed by atoms with van der Waals surface area (Å²) in [5.74, 6) is 1.31. The largest absolute Gasteiger partial charge is 0.495 e. The topological polar surface area (TPSA) is 81.4 Å². The highest BCUT2D eigenvalue weighted by atomic mass is 79.9. The zero-order chi connectivity index (χ0) is 14.2. The monoisotopic (exact) mass is 348 g/mol. The number of nitrogen functional groups attached to an aromatic ring is 1. The van der Waals surface area contributed by atoms with Gasteiger partial charge in [-0.2, -0.15) is 0 Å². The zero-order valence-corrected chi connectivity index (χ0v) is 13.2. The first-order valence-corrected chi connectivity index (χ1v) is 8.25. The van der Waals surface area contributed by atoms with E-state index in [1.54, 1.807) is 6.07 Å². The highest BCUT2D eigenvalue weighted by Gasteiger charge is 2.34. The Morgan fingerprint density at radius 2 is 2.16 bits per heavy atom. The van der Waals surface area contributed by atoms with Crippen LogP contribution in [0.2, 0.25) is 0 Å². The van der Waals surface area contributed by atoms with E-state index in [0.29, 0.717) is 28.5 Å². The van der Waals surface area contributed by atoms with Crippen molar-refractivity contribution < 1.29 is 13.2 Å². The van der Waals surface area contributed by atoms with Gasteiger partial charge in [0.1, 0.15) is 10.6 Å². The minimum absolute atomic E-state index is 0.0732. The van der Waals surface area contributed by atoms with Gasteiger partial charge in [-0.3, -0.25) is 0 Å². The van der Waals surface area contributed by atoms with Crippen LogP contribution in [0.25, 0.3) is 0 Å². The lowest BCUT2D eigenvalue weighted by molar-refractivity contribution is 0.402. The summed E-state index contributed by atoms with van der Waals surface area (Å²) in [4.78, 5) is 0.0732. The van der Waals surface area contributed by atoms with Gasteiger partial charge < -0.3 is 10.5 Å². The third kappa shape index (κ3) is 3.21. The highest BCUT2D eigenvalue weighted by Crippen LogP contribution is 2.37. The summed E-state index contributed by atoms with van der Waals surface area (Å²) < 4.78 is 32.8. The molecule has 2 rings (SSSR count). The van der Waals surface area contributed by atoms with Gasteiger partial charge in [-0.15, -0.1) is 0 Å². The molecule has 0 bridgehead atoms. The highest BCUT2D eigenvalue weighted by molar-refractivity contribution is 9.10. The quantitative estimate of drug-likeness (QED) is 0.797. The Labute approximate surface area is 121 Å². The van der Waals surface area contributed by atoms with Crippen LogP contribution in [0.5, 0.6) is 5.75 Å². The van der Waals surface area contributed by atoms with Crippen LogP contribution in [0.4, 0.5) is 5.69 Å². The van der Waals surface area contributed by atoms with Crippen molar-refractivity contribution in [1.29, 1.82) is 0 Å². The van der Waals surface area contributed by atoms with E-state index >= 15 is 0 Å². The lowest BCUT2D eigenvalue weighted by Crippen LogP contribution is -2.26. The van der Waals surface area contributed by atoms with E-state index < -0.39 is 10.0 Å². The fourth-order valence-corrected chi connectivity index (χ4v) is 3.50. The van der Waals surface area contributed by atoms with Crippen LogP contribution < -0.4 is 15.2 Å². The fraction of sp³-hybridized carbons (Fsp3) is 0.500. The lowest BCUT2D eigenvalue weighted by atomic mass is 10.3. The molecule has 19 heavy (non-hydrogen) atoms. The maximum atomic E-state index is 12.3. The molecule has 1 saturated carbocycles. The molecule has 2 atom stereocenters. The number of ether oxygens (including phenoxy) is 1. The zero-order valence-electron chi connectivity index (χ0n) is 10.8. The number of benzene rings is 1. The first-order chi connectivity index (χ1) is 8.85. The number of anilines is 1. The van der Waals surface area contributed by atoms with Gasteiger partial charge in [-0.25, -0.2) is 13.1 Å². The summed E-state index contributed by atoms with van der Waals surface area (Å²) in [6.07, 6.45) is 1.07. The second-order valence-corrected chi connectivity index (χ2v) is 7.44. The number of nitrogens with two attached hydrogens (primary N) is 1. The van der Waals surface area contributed by atoms with Gasteiger partial charge in [0.15, 0.2) is 0 Å². The van der Waals surface area contributed by atoms with Gasteiger partial charge in [0, 0.05) is 16.7 Å². The van der Waals surface area contributed by atoms with E-state index in [2.05, 4.69) is 27.6 Å². The molecule has 2 unspecified atom stereocenters. The molecule has 1 fully saturated rings. The molecule has 0 spiro atoms. The van der Waals surface area contributed by atoms with Gasteiger partial charge in [-0.05, 0) is 46.3 Å². The summed E-state index contributed by atoms with van der Waals surface area (Å²) in [7, 11) is -2.17. The molecule has 1 aromatic rings. The third-order valence-corrected chi connectivity index (χ3v) is 5.52. The van der Waals surface area contributed by atoms with Crippen LogP contribution >= 0.6 is 15.9 Å². The molecular formula is C12H17BrN2O3S. The Bertz CT molecular complexity index is 589. The van der Waals surface area contributed by atoms with E-state index in [0.717, 1.165) is 6.42 Å². The Morgan fingerprint density at radius 1 is 1.53 bits per heavy atom. The molecule has 0 heterocycles. The third-order valence-electron chi connectivity index (χ3n) is 3.38. The molecule has 1 aliphatic rings. The number of sulfonamides is 1. The number of halogens is 1. The summed E-state index contributed by atoms with van der Waals surface area (Å²) >= 11 is 3.25. The Hall–Kier alpha value is -0.790. The molecule has 0 aliphatic heterocycles. The summed E-state index contributed by atoms with van der Waals surface area (Å²) in [5, 5.41) is 0. The van der Waals surface area contributed by atoms with Gasteiger partial charge in [-0.1, -0.05) is 6.92 Å². The SMILES string of the molecule is COc1cc(Br)c(N)cc1S(=O)(=O)NCC1CC1C. The molecule has 1 aromatic carbocycles. The Morgan fingerprint density at radius 3 is 2.68 bits per heavy atom. The van der Waals surface area contributed by atoms with E-state index in [4.69, 9.17) is 10.5 Å². The van der Waals surface area contributed by atoms with Crippen LogP contribution in [0, 0.1) is 11.8 Å². The molecule has 3 N–H and O–H groups in total. The van der Waals surface area contributed by atoms with Crippen LogP contribution in [-0.2, 0) is 10.0 Å². The van der Waals surface area contributed by atoms with Crippen molar-refractivity contribution in [2.24, 2.45) is 11.8 Å². The van der Waals surface area contributed by atoms with Crippen LogP contribution in [0.1, 0.15) is 13.3 Å². The molecule has 0 amide bonds. The van der Waals surface area contributed by atoms with Crippen molar-refractivity contribution in [3.63, 3.8) is 0 Å². The predicted octanol–water partition coefficient (Wildman–Crippen LogP) is 1.97. The van der Waals surface area contributed by atoms with Crippen molar-refractivity contribution in [3.8, 4) is 5.75 Å². The maximum Gasteiger partial charge on any atom is 0.244 e. The lowest BCUT2D eigenvalue weighted by Gasteiger charge is -2.12. The minimum Gasteiger partial charge on any atom is -0.495 e. The van der Waals surface area contributed by atoms with E-state index in [1.165, 1.54) is 13.2 Å². The summed E-state index contributed by atoms with van der Waals surface area (Å²) in [5.41, 5.74) is 6.10. The number of hydrogen-bond acceptors (Lipinski definition) is 4. The smallest absolute Gasteiger partial charge is 0.244 e. The van der Waals surface area contributed by atoms with Crippen molar-refractivity contribution in [3.05, 3.63) is 16.6 Å². The van der Waals surface area contributed by atoms with Gasteiger partial charge in [0.05, 0.1) is 7.11 Å². The molecule has 1 aliphatic carbocycles. The Balaban J connectivity index is 2.25. The summed E-state index contributed by atoms with van der Waals surface area (Å²) in [6, 6.07) is 2.96. The number of rotatable bonds is 5. The molecule has 106 valence electrons. The van der Waals surface area contributed by atoms with Crippen molar-refractivity contribution in [2.75, 3.05) is 19.4 Å². The minimum atomic E-state index is -3.60. The molecule has 5 nitrogen and oxygen atoms in total. The van der Waals surface area contributed by atoms with Crippen LogP contribution in [0.15, 0.2) is 21.5 Å². The second kappa shape index (κ2) is 5.30. The number of nitrogens with one attached hydrogen (secondary N) is 1. The number of hydrogen-bond donors (Lipinski definition) is 2. The van der Waals surface area contributed by atoms with Gasteiger partial charge in [0.2, 0.25) is 10.0 Å². The standard InChI is InChI=1S/C12H17BrN2O3S/c1-7-3-8(7)6-15-19(16,17)12-5-10(14)9(13)4-11(12)18-2/h4-5,7-8,15H,3,6,14H2,1-2H3. The molecule has 0 aromatic heterocycles. The molecule has 0 radical (unpaired) electrons. The number of methoxy groups -OCH3 is 1. The van der Waals surface area contributed by atoms with Crippen molar-refractivity contribution in [2.45, 2.75) is 18.2 Å². The first-order valence-electron chi connectivity index (χ1n) is 5.98. The fourth-order valence-electron chi connectivity index (χ4n) is 1.90. The second-order valence-electron chi connectivity index (χ2n) is 4.85. The predicted molar refractivity (Wildman–Crippen MR) is 77.6 cm³/mol. The van der Waals surface area contributed by atoms with E-state index in [-0.39, 0.29) is 10.6 Å². The molecule has 7 heteroatoms. The van der Waals surface area contributed by atoms with Crippen LogP contribution in [-0.4, -0.2) is 22.1 Å². The van der Waals surface area contributed by atoms with Crippen LogP contribution in [0.3, 0.4) is 0 Å². The molecular weight excluding hydrogens is 332 g/mol. The van der Waals surface area contributed by atoms with Crippen molar-refractivity contribution >= 4 is 31.6 Å². The molecule has 0 saturated heterocycles. The summed E-state index contributed by atoms with van der Waals surface area (Å²) in [6.45, 7) is 2.57. The van der Waals surface area contributed by atoms with E-state index in [9.17, 15) is 8.42 Å². The van der Waals surface area contributed by atoms with E-state index in [1.807, 2.05) is 0 Å². The Kier molecular flexibility index (Phi) is 4.08. The average molecular weight is 349 g/mol.